The Hall–Kier alpha value is -0.420. The molecule has 0 aromatic heterocycles. The van der Waals surface area contributed by atoms with Crippen molar-refractivity contribution in [2.24, 2.45) is 0 Å². The maximum absolute atomic E-state index is 10.8. The van der Waals surface area contributed by atoms with Crippen LogP contribution in [0.25, 0.3) is 0 Å². The van der Waals surface area contributed by atoms with E-state index >= 15 is 0 Å². The molecular weight excluding hydrogens is 745 g/mol. The molecule has 55 heavy (non-hydrogen) atoms. The fraction of sp³-hybridized carbons (Fsp3) is 1.00. The van der Waals surface area contributed by atoms with Crippen molar-refractivity contribution in [2.75, 3.05) is 92.4 Å². The van der Waals surface area contributed by atoms with Gasteiger partial charge in [-0.15, -0.1) is 0 Å². The van der Waals surface area contributed by atoms with E-state index in [9.17, 15) is 21.4 Å². The average molecular weight is 835 g/mol. The second kappa shape index (κ2) is 34.4. The Morgan fingerprint density at radius 1 is 0.673 bits per heavy atom. The van der Waals surface area contributed by atoms with Crippen molar-refractivity contribution in [3.8, 4) is 0 Å². The number of nitrogens with zero attached hydrogens (tertiary/aromatic N) is 2. The molecule has 0 aliphatic carbocycles. The number of quaternary nitrogens is 1. The van der Waals surface area contributed by atoms with Gasteiger partial charge >= 0.3 is 0 Å². The van der Waals surface area contributed by atoms with Crippen LogP contribution >= 0.6 is 0 Å². The average Bonchev–Trinajstić information content (AvgIpc) is 3.47. The molecule has 1 rings (SSSR count). The summed E-state index contributed by atoms with van der Waals surface area (Å²) >= 11 is 0. The van der Waals surface area contributed by atoms with Gasteiger partial charge in [0.25, 0.3) is 10.1 Å². The van der Waals surface area contributed by atoms with Crippen LogP contribution in [0.15, 0.2) is 0 Å². The third-order valence-corrected chi connectivity index (χ3v) is 11.0. The minimum absolute atomic E-state index is 0. The van der Waals surface area contributed by atoms with Crippen LogP contribution in [0.3, 0.4) is 0 Å². The highest BCUT2D eigenvalue weighted by Crippen LogP contribution is 2.21. The standard InChI is InChI=1S/C20H43NO5S.C17H37NO2.C3H6O3S.CH4/c1-6-8-10-12-16-25-20(3,26-17-13-11-9-7-2)19-21(4,5)15-14-18-27(22,23)24;1-6-8-10-12-14-19-17(3,16-18(4)5)20-15-13-11-9-7-2;4-7(5)3-1-2-6-7;/h6-19H2,1-5H3;6-16H2,1-5H3;1-3H2;1H4. The van der Waals surface area contributed by atoms with Crippen molar-refractivity contribution < 1.29 is 49.0 Å². The molecule has 0 saturated carbocycles. The molecule has 0 spiro atoms. The van der Waals surface area contributed by atoms with E-state index in [1.165, 1.54) is 64.2 Å². The summed E-state index contributed by atoms with van der Waals surface area (Å²) in [6.45, 7) is 18.2. The summed E-state index contributed by atoms with van der Waals surface area (Å²) in [6.07, 6.45) is 20.1. The predicted octanol–water partition coefficient (Wildman–Crippen LogP) is 8.74. The molecule has 0 bridgehead atoms. The highest BCUT2D eigenvalue weighted by molar-refractivity contribution is 7.86. The minimum atomic E-state index is -4.16. The summed E-state index contributed by atoms with van der Waals surface area (Å²) in [7, 11) is 0.981. The van der Waals surface area contributed by atoms with Crippen LogP contribution in [0.4, 0.5) is 0 Å². The summed E-state index contributed by atoms with van der Waals surface area (Å²) in [5.74, 6) is -1.27. The summed E-state index contributed by atoms with van der Waals surface area (Å²) in [4.78, 5) is 2.14. The Labute approximate surface area is 341 Å². The highest BCUT2D eigenvalue weighted by Gasteiger charge is 2.35. The van der Waals surface area contributed by atoms with Crippen molar-refractivity contribution >= 4 is 20.2 Å². The van der Waals surface area contributed by atoms with Crippen molar-refractivity contribution in [3.05, 3.63) is 0 Å². The number of rotatable bonds is 32. The maximum Gasteiger partial charge on any atom is 0.267 e. The maximum atomic E-state index is 10.8. The van der Waals surface area contributed by atoms with Crippen molar-refractivity contribution in [1.82, 2.24) is 4.90 Å². The van der Waals surface area contributed by atoms with Gasteiger partial charge in [0.2, 0.25) is 5.79 Å². The van der Waals surface area contributed by atoms with Crippen LogP contribution in [-0.4, -0.2) is 135 Å². The molecule has 0 unspecified atom stereocenters. The fourth-order valence-corrected chi connectivity index (χ4v) is 7.56. The molecule has 1 aliphatic rings. The quantitative estimate of drug-likeness (QED) is 0.0211. The molecule has 1 aliphatic heterocycles. The zero-order valence-electron chi connectivity index (χ0n) is 36.6. The van der Waals surface area contributed by atoms with E-state index in [2.05, 4.69) is 57.8 Å². The van der Waals surface area contributed by atoms with Crippen molar-refractivity contribution in [3.63, 3.8) is 0 Å². The van der Waals surface area contributed by atoms with Crippen molar-refractivity contribution in [2.45, 2.75) is 176 Å². The van der Waals surface area contributed by atoms with Gasteiger partial charge in [0.05, 0.1) is 76.1 Å². The fourth-order valence-electron chi connectivity index (χ4n) is 6.11. The molecule has 12 nitrogen and oxygen atoms in total. The lowest BCUT2D eigenvalue weighted by atomic mass is 10.2. The Bertz CT molecular complexity index is 1030. The van der Waals surface area contributed by atoms with Gasteiger partial charge in [-0.05, 0) is 60.0 Å². The van der Waals surface area contributed by atoms with Gasteiger partial charge in [-0.25, -0.2) is 8.42 Å². The number of hydrogen-bond donors (Lipinski definition) is 0. The Balaban J connectivity index is -0.000000841. The largest absolute Gasteiger partial charge is 0.748 e. The molecular formula is C41H90N2O10S2. The number of unbranched alkanes of at least 4 members (excludes halogenated alkanes) is 12. The molecule has 0 atom stereocenters. The molecule has 1 saturated heterocycles. The van der Waals surface area contributed by atoms with Crippen LogP contribution in [0.1, 0.15) is 165 Å². The smallest absolute Gasteiger partial charge is 0.267 e. The summed E-state index contributed by atoms with van der Waals surface area (Å²) in [6, 6.07) is 0. The van der Waals surface area contributed by atoms with Gasteiger partial charge in [0.15, 0.2) is 5.79 Å². The van der Waals surface area contributed by atoms with Crippen LogP contribution in [0, 0.1) is 0 Å². The Kier molecular flexibility index (Phi) is 36.9. The number of ether oxygens (including phenoxy) is 4. The third kappa shape index (κ3) is 40.2. The molecule has 0 N–H and O–H groups in total. The van der Waals surface area contributed by atoms with Crippen LogP contribution in [-0.2, 0) is 43.4 Å². The highest BCUT2D eigenvalue weighted by atomic mass is 32.2. The molecule has 336 valence electrons. The second-order valence-electron chi connectivity index (χ2n) is 16.0. The van der Waals surface area contributed by atoms with Gasteiger partial charge in [0, 0.05) is 12.2 Å². The number of hydrogen-bond acceptors (Lipinski definition) is 11. The molecule has 14 heteroatoms. The van der Waals surface area contributed by atoms with Crippen LogP contribution in [0.5, 0.6) is 0 Å². The topological polar surface area (TPSA) is 141 Å². The first-order chi connectivity index (χ1) is 25.3. The van der Waals surface area contributed by atoms with Crippen molar-refractivity contribution in [1.29, 1.82) is 0 Å². The Morgan fingerprint density at radius 2 is 1.05 bits per heavy atom. The van der Waals surface area contributed by atoms with E-state index in [-0.39, 0.29) is 18.9 Å². The first kappa shape index (κ1) is 58.9. The van der Waals surface area contributed by atoms with Gasteiger partial charge in [-0.1, -0.05) is 112 Å². The molecule has 1 fully saturated rings. The van der Waals surface area contributed by atoms with E-state index in [0.717, 1.165) is 58.3 Å². The lowest BCUT2D eigenvalue weighted by molar-refractivity contribution is -0.900. The van der Waals surface area contributed by atoms with Crippen LogP contribution < -0.4 is 0 Å². The lowest BCUT2D eigenvalue weighted by Gasteiger charge is -2.39. The van der Waals surface area contributed by atoms with E-state index < -0.39 is 31.8 Å². The van der Waals surface area contributed by atoms with E-state index in [4.69, 9.17) is 18.9 Å². The molecule has 0 aromatic rings. The Morgan fingerprint density at radius 3 is 1.33 bits per heavy atom. The van der Waals surface area contributed by atoms with E-state index in [1.54, 1.807) is 0 Å². The lowest BCUT2D eigenvalue weighted by Crippen LogP contribution is -2.53. The normalized spacial score (nSPS) is 14.5. The molecule has 1 heterocycles. The monoisotopic (exact) mass is 835 g/mol. The van der Waals surface area contributed by atoms with Gasteiger partial charge in [-0.3, -0.25) is 4.18 Å². The van der Waals surface area contributed by atoms with E-state index in [0.29, 0.717) is 50.2 Å². The summed E-state index contributed by atoms with van der Waals surface area (Å²) < 4.78 is 82.2. The first-order valence-electron chi connectivity index (χ1n) is 21.1. The van der Waals surface area contributed by atoms with E-state index in [1.807, 2.05) is 21.0 Å². The minimum Gasteiger partial charge on any atom is -0.748 e. The third-order valence-electron chi connectivity index (χ3n) is 8.90. The summed E-state index contributed by atoms with van der Waals surface area (Å²) in [5.41, 5.74) is 0. The summed E-state index contributed by atoms with van der Waals surface area (Å²) in [5, 5.41) is 0. The molecule has 0 radical (unpaired) electrons. The predicted molar refractivity (Wildman–Crippen MR) is 228 cm³/mol. The SMILES string of the molecule is C.CCCCCCOC(C)(CN(C)C)OCCCCCC.CCCCCCOC(C)(C[N+](C)(C)CCCS(=O)(=O)[O-])OCCCCCC.O=S1(=O)CCCO1. The zero-order valence-corrected chi connectivity index (χ0v) is 38.2. The molecule has 0 amide bonds. The van der Waals surface area contributed by atoms with Gasteiger partial charge in [-0.2, -0.15) is 8.42 Å². The molecule has 0 aromatic carbocycles. The second-order valence-corrected chi connectivity index (χ2v) is 19.3. The first-order valence-corrected chi connectivity index (χ1v) is 24.3. The number of likely N-dealkylation sites (N-methyl/N-ethyl adjacent to an activating group) is 2. The van der Waals surface area contributed by atoms with Gasteiger partial charge in [0.1, 0.15) is 6.54 Å². The van der Waals surface area contributed by atoms with Crippen LogP contribution in [0.2, 0.25) is 0 Å². The zero-order chi connectivity index (χ0) is 41.4. The van der Waals surface area contributed by atoms with Gasteiger partial charge < -0.3 is 32.9 Å².